The molecule has 0 spiro atoms. The number of nitrogens with zero attached hydrogens (tertiary/aromatic N) is 5. The van der Waals surface area contributed by atoms with Crippen molar-refractivity contribution in [3.05, 3.63) is 157 Å². The monoisotopic (exact) mass is 695 g/mol. The van der Waals surface area contributed by atoms with Gasteiger partial charge in [-0.25, -0.2) is 15.0 Å². The number of aromatic nitrogens is 4. The van der Waals surface area contributed by atoms with Crippen LogP contribution in [0.3, 0.4) is 0 Å². The van der Waals surface area contributed by atoms with Gasteiger partial charge in [-0.1, -0.05) is 121 Å². The van der Waals surface area contributed by atoms with Crippen molar-refractivity contribution in [3.8, 4) is 45.9 Å². The standard InChI is InChI=1S/C46H25N5OS/c47-26-29-25-34(46-49-44(27-13-3-1-4-14-27)48-45(50-46)28-15-5-2-6-16-28)39-32-18-8-11-21-36(32)52-43(39)41(29)51-35-20-10-7-17-30(35)31-23-24-38-40(42(31)51)33-19-9-12-22-37(33)53-38/h1-25H. The van der Waals surface area contributed by atoms with Crippen LogP contribution in [0.4, 0.5) is 0 Å². The Morgan fingerprint density at radius 1 is 0.547 bits per heavy atom. The van der Waals surface area contributed by atoms with Crippen LogP contribution in [0.2, 0.25) is 0 Å². The van der Waals surface area contributed by atoms with E-state index in [2.05, 4.69) is 77.4 Å². The molecule has 53 heavy (non-hydrogen) atoms. The molecular formula is C46H25N5OS. The Balaban J connectivity index is 1.30. The van der Waals surface area contributed by atoms with Crippen LogP contribution in [-0.2, 0) is 0 Å². The topological polar surface area (TPSA) is 80.5 Å². The Hall–Kier alpha value is -7.14. The highest BCUT2D eigenvalue weighted by molar-refractivity contribution is 7.26. The molecule has 4 heterocycles. The number of thiophene rings is 1. The highest BCUT2D eigenvalue weighted by atomic mass is 32.1. The largest absolute Gasteiger partial charge is 0.454 e. The maximum Gasteiger partial charge on any atom is 0.164 e. The van der Waals surface area contributed by atoms with E-state index in [1.54, 1.807) is 11.3 Å². The number of fused-ring (bicyclic) bond motifs is 10. The summed E-state index contributed by atoms with van der Waals surface area (Å²) in [4.78, 5) is 15.1. The maximum atomic E-state index is 11.1. The maximum absolute atomic E-state index is 11.1. The highest BCUT2D eigenvalue weighted by Crippen LogP contribution is 2.47. The van der Waals surface area contributed by atoms with Crippen molar-refractivity contribution in [1.82, 2.24) is 19.5 Å². The van der Waals surface area contributed by atoms with Crippen molar-refractivity contribution < 1.29 is 4.42 Å². The first-order valence-electron chi connectivity index (χ1n) is 17.3. The lowest BCUT2D eigenvalue weighted by atomic mass is 10.00. The second-order valence-corrected chi connectivity index (χ2v) is 14.1. The van der Waals surface area contributed by atoms with Crippen molar-refractivity contribution in [3.63, 3.8) is 0 Å². The van der Waals surface area contributed by atoms with Crippen LogP contribution >= 0.6 is 11.3 Å². The van der Waals surface area contributed by atoms with E-state index in [0.717, 1.165) is 49.1 Å². The van der Waals surface area contributed by atoms with Crippen LogP contribution in [0.1, 0.15) is 5.56 Å². The lowest BCUT2D eigenvalue weighted by molar-refractivity contribution is 0.666. The molecule has 11 rings (SSSR count). The molecule has 7 heteroatoms. The van der Waals surface area contributed by atoms with E-state index < -0.39 is 0 Å². The minimum absolute atomic E-state index is 0.452. The quantitative estimate of drug-likeness (QED) is 0.183. The van der Waals surface area contributed by atoms with Crippen LogP contribution in [0.25, 0.3) is 104 Å². The van der Waals surface area contributed by atoms with E-state index in [9.17, 15) is 5.26 Å². The summed E-state index contributed by atoms with van der Waals surface area (Å²) in [5.41, 5.74) is 6.95. The molecule has 0 fully saturated rings. The van der Waals surface area contributed by atoms with E-state index >= 15 is 0 Å². The third-order valence-corrected chi connectivity index (χ3v) is 11.2. The molecule has 0 unspecified atom stereocenters. The number of nitriles is 1. The highest BCUT2D eigenvalue weighted by Gasteiger charge is 2.27. The lowest BCUT2D eigenvalue weighted by Crippen LogP contribution is -2.03. The average molecular weight is 696 g/mol. The Morgan fingerprint density at radius 2 is 1.17 bits per heavy atom. The summed E-state index contributed by atoms with van der Waals surface area (Å²) < 4.78 is 11.5. The Bertz CT molecular complexity index is 3240. The molecule has 11 aromatic rings. The molecule has 6 nitrogen and oxygen atoms in total. The SMILES string of the molecule is N#Cc1cc(-c2nc(-c3ccccc3)nc(-c3ccccc3)n2)c2c(oc3ccccc32)c1-n1c2ccccc2c2ccc3sc4ccccc4c3c21. The molecule has 0 bridgehead atoms. The van der Waals surface area contributed by atoms with E-state index in [1.807, 2.05) is 84.9 Å². The van der Waals surface area contributed by atoms with Gasteiger partial charge >= 0.3 is 0 Å². The first-order chi connectivity index (χ1) is 26.2. The summed E-state index contributed by atoms with van der Waals surface area (Å²) in [6.07, 6.45) is 0. The van der Waals surface area contributed by atoms with Crippen LogP contribution < -0.4 is 0 Å². The molecule has 0 aliphatic rings. The molecule has 7 aromatic carbocycles. The van der Waals surface area contributed by atoms with Gasteiger partial charge in [-0.15, -0.1) is 11.3 Å². The zero-order chi connectivity index (χ0) is 35.0. The van der Waals surface area contributed by atoms with Gasteiger partial charge in [0.15, 0.2) is 23.1 Å². The van der Waals surface area contributed by atoms with Gasteiger partial charge in [0, 0.05) is 58.4 Å². The third-order valence-electron chi connectivity index (χ3n) is 10.1. The molecule has 0 atom stereocenters. The van der Waals surface area contributed by atoms with Gasteiger partial charge in [-0.05, 0) is 30.3 Å². The minimum atomic E-state index is 0.452. The Morgan fingerprint density at radius 3 is 1.91 bits per heavy atom. The van der Waals surface area contributed by atoms with Crippen LogP contribution in [0.5, 0.6) is 0 Å². The van der Waals surface area contributed by atoms with Crippen LogP contribution in [0.15, 0.2) is 156 Å². The van der Waals surface area contributed by atoms with E-state index in [-0.39, 0.29) is 0 Å². The van der Waals surface area contributed by atoms with Gasteiger partial charge in [0.05, 0.1) is 16.6 Å². The summed E-state index contributed by atoms with van der Waals surface area (Å²) in [6.45, 7) is 0. The number of hydrogen-bond acceptors (Lipinski definition) is 6. The smallest absolute Gasteiger partial charge is 0.164 e. The summed E-state index contributed by atoms with van der Waals surface area (Å²) in [5, 5.41) is 17.4. The fourth-order valence-corrected chi connectivity index (χ4v) is 8.91. The Kier molecular flexibility index (Phi) is 6.38. The molecule has 0 radical (unpaired) electrons. The summed E-state index contributed by atoms with van der Waals surface area (Å²) in [5.74, 6) is 1.56. The Labute approximate surface area is 306 Å². The number of rotatable bonds is 4. The zero-order valence-corrected chi connectivity index (χ0v) is 28.8. The molecule has 0 aliphatic heterocycles. The minimum Gasteiger partial charge on any atom is -0.454 e. The molecule has 0 aliphatic carbocycles. The van der Waals surface area contributed by atoms with Crippen molar-refractivity contribution >= 4 is 75.3 Å². The molecule has 246 valence electrons. The van der Waals surface area contributed by atoms with Gasteiger partial charge in [0.2, 0.25) is 0 Å². The van der Waals surface area contributed by atoms with Gasteiger partial charge < -0.3 is 8.98 Å². The predicted molar refractivity (Wildman–Crippen MR) is 215 cm³/mol. The molecule has 0 saturated heterocycles. The molecule has 0 N–H and O–H groups in total. The fraction of sp³-hybridized carbons (Fsp3) is 0. The average Bonchev–Trinajstić information content (AvgIpc) is 3.90. The predicted octanol–water partition coefficient (Wildman–Crippen LogP) is 12.1. The summed E-state index contributed by atoms with van der Waals surface area (Å²) >= 11 is 1.78. The first-order valence-corrected chi connectivity index (χ1v) is 18.2. The number of para-hydroxylation sites is 2. The normalized spacial score (nSPS) is 11.8. The van der Waals surface area contributed by atoms with E-state index in [0.29, 0.717) is 45.5 Å². The lowest BCUT2D eigenvalue weighted by Gasteiger charge is -2.14. The number of benzene rings is 7. The second-order valence-electron chi connectivity index (χ2n) is 13.1. The summed E-state index contributed by atoms with van der Waals surface area (Å²) in [6, 6.07) is 53.8. The number of hydrogen-bond donors (Lipinski definition) is 0. The van der Waals surface area contributed by atoms with Gasteiger partial charge in [-0.3, -0.25) is 0 Å². The van der Waals surface area contributed by atoms with Crippen LogP contribution in [-0.4, -0.2) is 19.5 Å². The van der Waals surface area contributed by atoms with Gasteiger partial charge in [0.1, 0.15) is 17.3 Å². The van der Waals surface area contributed by atoms with Crippen molar-refractivity contribution in [2.75, 3.05) is 0 Å². The van der Waals surface area contributed by atoms with E-state index in [1.165, 1.54) is 14.8 Å². The first kappa shape index (κ1) is 29.6. The van der Waals surface area contributed by atoms with Gasteiger partial charge in [-0.2, -0.15) is 5.26 Å². The number of furan rings is 1. The van der Waals surface area contributed by atoms with Crippen molar-refractivity contribution in [1.29, 1.82) is 5.26 Å². The zero-order valence-electron chi connectivity index (χ0n) is 28.0. The second kappa shape index (κ2) is 11.4. The fourth-order valence-electron chi connectivity index (χ4n) is 7.80. The third kappa shape index (κ3) is 4.40. The van der Waals surface area contributed by atoms with Crippen molar-refractivity contribution in [2.45, 2.75) is 0 Å². The summed E-state index contributed by atoms with van der Waals surface area (Å²) in [7, 11) is 0. The van der Waals surface area contributed by atoms with Crippen molar-refractivity contribution in [2.24, 2.45) is 0 Å². The van der Waals surface area contributed by atoms with E-state index in [4.69, 9.17) is 19.4 Å². The molecule has 0 amide bonds. The van der Waals surface area contributed by atoms with Crippen LogP contribution in [0, 0.1) is 11.3 Å². The molecule has 4 aromatic heterocycles. The molecule has 0 saturated carbocycles. The molecular weight excluding hydrogens is 671 g/mol. The van der Waals surface area contributed by atoms with Gasteiger partial charge in [0.25, 0.3) is 0 Å².